The van der Waals surface area contributed by atoms with Crippen LogP contribution in [0.2, 0.25) is 0 Å². The molecule has 2 aromatic rings. The maximum Gasteiger partial charge on any atom is 0.315 e. The lowest BCUT2D eigenvalue weighted by Gasteiger charge is -2.26. The summed E-state index contributed by atoms with van der Waals surface area (Å²) in [5.41, 5.74) is 0. The Balaban J connectivity index is 1.41. The highest BCUT2D eigenvalue weighted by Gasteiger charge is 2.21. The Morgan fingerprint density at radius 3 is 3.00 bits per heavy atom. The summed E-state index contributed by atoms with van der Waals surface area (Å²) in [6, 6.07) is 9.10. The number of ether oxygens (including phenoxy) is 2. The molecule has 1 aromatic carbocycles. The summed E-state index contributed by atoms with van der Waals surface area (Å²) in [6.07, 6.45) is 3.38. The minimum atomic E-state index is -0.230. The predicted octanol–water partition coefficient (Wildman–Crippen LogP) is 1.41. The normalized spacial score (nSPS) is 17.3. The van der Waals surface area contributed by atoms with Crippen molar-refractivity contribution in [1.29, 1.82) is 0 Å². The van der Waals surface area contributed by atoms with Crippen LogP contribution < -0.4 is 20.1 Å². The smallest absolute Gasteiger partial charge is 0.315 e. The maximum absolute atomic E-state index is 11.9. The van der Waals surface area contributed by atoms with Gasteiger partial charge in [0.1, 0.15) is 6.61 Å². The molecule has 0 spiro atoms. The molecule has 1 aliphatic rings. The molecular formula is C16H20N4O3. The molecule has 1 aromatic heterocycles. The number of carbonyl (C=O) groups excluding carboxylic acids is 1. The number of hydrogen-bond acceptors (Lipinski definition) is 4. The number of para-hydroxylation sites is 2. The van der Waals surface area contributed by atoms with Crippen LogP contribution in [0.5, 0.6) is 11.5 Å². The molecule has 0 saturated heterocycles. The first-order valence-electron chi connectivity index (χ1n) is 7.61. The van der Waals surface area contributed by atoms with E-state index in [1.54, 1.807) is 10.9 Å². The van der Waals surface area contributed by atoms with Gasteiger partial charge >= 0.3 is 6.03 Å². The van der Waals surface area contributed by atoms with E-state index >= 15 is 0 Å². The molecule has 2 amide bonds. The Kier molecular flexibility index (Phi) is 4.65. The Bertz CT molecular complexity index is 645. The number of aromatic nitrogens is 2. The number of nitrogens with one attached hydrogen (secondary N) is 2. The second kappa shape index (κ2) is 7.04. The first kappa shape index (κ1) is 15.2. The molecule has 2 heterocycles. The van der Waals surface area contributed by atoms with Crippen molar-refractivity contribution >= 4 is 6.03 Å². The van der Waals surface area contributed by atoms with Gasteiger partial charge in [-0.15, -0.1) is 0 Å². The second-order valence-corrected chi connectivity index (χ2v) is 5.48. The summed E-state index contributed by atoms with van der Waals surface area (Å²) in [4.78, 5) is 11.9. The third-order valence-corrected chi connectivity index (χ3v) is 3.46. The summed E-state index contributed by atoms with van der Waals surface area (Å²) in [5.74, 6) is 1.44. The summed E-state index contributed by atoms with van der Waals surface area (Å²) in [5, 5.41) is 9.79. The van der Waals surface area contributed by atoms with Crippen LogP contribution in [0, 0.1) is 0 Å². The van der Waals surface area contributed by atoms with Crippen LogP contribution in [0.1, 0.15) is 6.92 Å². The van der Waals surface area contributed by atoms with E-state index in [0.29, 0.717) is 25.4 Å². The van der Waals surface area contributed by atoms with Gasteiger partial charge in [-0.25, -0.2) is 4.79 Å². The number of carbonyl (C=O) groups is 1. The van der Waals surface area contributed by atoms with Crippen molar-refractivity contribution in [2.24, 2.45) is 0 Å². The minimum absolute atomic E-state index is 0.0286. The van der Waals surface area contributed by atoms with Crippen molar-refractivity contribution in [2.45, 2.75) is 25.6 Å². The highest BCUT2D eigenvalue weighted by Crippen LogP contribution is 2.30. The van der Waals surface area contributed by atoms with Crippen molar-refractivity contribution in [3.05, 3.63) is 42.7 Å². The summed E-state index contributed by atoms with van der Waals surface area (Å²) < 4.78 is 13.2. The van der Waals surface area contributed by atoms with Gasteiger partial charge in [-0.1, -0.05) is 12.1 Å². The van der Waals surface area contributed by atoms with Gasteiger partial charge in [-0.05, 0) is 25.1 Å². The van der Waals surface area contributed by atoms with Crippen LogP contribution in [0.15, 0.2) is 42.7 Å². The zero-order chi connectivity index (χ0) is 16.1. The van der Waals surface area contributed by atoms with Crippen LogP contribution in [-0.2, 0) is 6.54 Å². The Hall–Kier alpha value is -2.70. The van der Waals surface area contributed by atoms with E-state index in [9.17, 15) is 4.79 Å². The Morgan fingerprint density at radius 2 is 2.22 bits per heavy atom. The zero-order valence-corrected chi connectivity index (χ0v) is 12.9. The molecule has 2 atom stereocenters. The lowest BCUT2D eigenvalue weighted by molar-refractivity contribution is 0.0917. The van der Waals surface area contributed by atoms with Gasteiger partial charge in [0.25, 0.3) is 0 Å². The molecule has 0 fully saturated rings. The number of fused-ring (bicyclic) bond motifs is 1. The number of urea groups is 1. The van der Waals surface area contributed by atoms with Gasteiger partial charge in [0, 0.05) is 18.4 Å². The predicted molar refractivity (Wildman–Crippen MR) is 84.6 cm³/mol. The molecule has 122 valence electrons. The molecule has 3 rings (SSSR count). The van der Waals surface area contributed by atoms with Crippen molar-refractivity contribution in [3.63, 3.8) is 0 Å². The fourth-order valence-corrected chi connectivity index (χ4v) is 2.38. The van der Waals surface area contributed by atoms with Gasteiger partial charge in [-0.3, -0.25) is 4.68 Å². The second-order valence-electron chi connectivity index (χ2n) is 5.48. The van der Waals surface area contributed by atoms with E-state index < -0.39 is 0 Å². The molecule has 2 unspecified atom stereocenters. The quantitative estimate of drug-likeness (QED) is 0.874. The van der Waals surface area contributed by atoms with Crippen LogP contribution in [-0.4, -0.2) is 41.1 Å². The van der Waals surface area contributed by atoms with Gasteiger partial charge in [0.2, 0.25) is 0 Å². The SMILES string of the molecule is CC(Cn1cccn1)NC(=O)NCC1COc2ccccc2O1. The van der Waals surface area contributed by atoms with E-state index in [2.05, 4.69) is 15.7 Å². The first-order valence-corrected chi connectivity index (χ1v) is 7.61. The molecule has 2 N–H and O–H groups in total. The standard InChI is InChI=1S/C16H20N4O3/c1-12(10-20-8-4-7-18-20)19-16(21)17-9-13-11-22-14-5-2-3-6-15(14)23-13/h2-8,12-13H,9-11H2,1H3,(H2,17,19,21). The molecule has 0 saturated carbocycles. The molecule has 0 bridgehead atoms. The molecule has 0 aliphatic carbocycles. The monoisotopic (exact) mass is 316 g/mol. The number of hydrogen-bond donors (Lipinski definition) is 2. The molecule has 0 radical (unpaired) electrons. The summed E-state index contributed by atoms with van der Waals surface area (Å²) in [6.45, 7) is 3.35. The molecule has 7 nitrogen and oxygen atoms in total. The lowest BCUT2D eigenvalue weighted by atomic mass is 10.2. The maximum atomic E-state index is 11.9. The van der Waals surface area contributed by atoms with Crippen LogP contribution in [0.25, 0.3) is 0 Å². The highest BCUT2D eigenvalue weighted by molar-refractivity contribution is 5.74. The van der Waals surface area contributed by atoms with E-state index in [0.717, 1.165) is 5.75 Å². The van der Waals surface area contributed by atoms with Crippen LogP contribution in [0.4, 0.5) is 4.79 Å². The Labute approximate surface area is 134 Å². The number of amides is 2. The van der Waals surface area contributed by atoms with Crippen molar-refractivity contribution in [3.8, 4) is 11.5 Å². The lowest BCUT2D eigenvalue weighted by Crippen LogP contribution is -2.47. The average molecular weight is 316 g/mol. The zero-order valence-electron chi connectivity index (χ0n) is 12.9. The van der Waals surface area contributed by atoms with Crippen LogP contribution in [0.3, 0.4) is 0 Å². The van der Waals surface area contributed by atoms with Crippen molar-refractivity contribution in [2.75, 3.05) is 13.2 Å². The number of rotatable bonds is 5. The van der Waals surface area contributed by atoms with Crippen molar-refractivity contribution in [1.82, 2.24) is 20.4 Å². The van der Waals surface area contributed by atoms with Crippen molar-refractivity contribution < 1.29 is 14.3 Å². The van der Waals surface area contributed by atoms with E-state index in [-0.39, 0.29) is 18.2 Å². The Morgan fingerprint density at radius 1 is 1.39 bits per heavy atom. The first-order chi connectivity index (χ1) is 11.2. The summed E-state index contributed by atoms with van der Waals surface area (Å²) >= 11 is 0. The van der Waals surface area contributed by atoms with Gasteiger partial charge < -0.3 is 20.1 Å². The van der Waals surface area contributed by atoms with E-state index in [1.165, 1.54) is 0 Å². The van der Waals surface area contributed by atoms with E-state index in [1.807, 2.05) is 43.5 Å². The minimum Gasteiger partial charge on any atom is -0.486 e. The number of benzene rings is 1. The topological polar surface area (TPSA) is 77.4 Å². The largest absolute Gasteiger partial charge is 0.486 e. The summed E-state index contributed by atoms with van der Waals surface area (Å²) in [7, 11) is 0. The molecule has 23 heavy (non-hydrogen) atoms. The fraction of sp³-hybridized carbons (Fsp3) is 0.375. The highest BCUT2D eigenvalue weighted by atomic mass is 16.6. The third kappa shape index (κ3) is 4.15. The van der Waals surface area contributed by atoms with Gasteiger partial charge in [0.05, 0.1) is 13.1 Å². The van der Waals surface area contributed by atoms with Crippen LogP contribution >= 0.6 is 0 Å². The van der Waals surface area contributed by atoms with Gasteiger partial charge in [-0.2, -0.15) is 5.10 Å². The third-order valence-electron chi connectivity index (χ3n) is 3.46. The van der Waals surface area contributed by atoms with Gasteiger partial charge in [0.15, 0.2) is 17.6 Å². The fourth-order valence-electron chi connectivity index (χ4n) is 2.38. The molecule has 7 heteroatoms. The molecular weight excluding hydrogens is 296 g/mol. The van der Waals surface area contributed by atoms with E-state index in [4.69, 9.17) is 9.47 Å². The average Bonchev–Trinajstić information content (AvgIpc) is 3.05. The molecule has 1 aliphatic heterocycles. The number of nitrogens with zero attached hydrogens (tertiary/aromatic N) is 2.